The van der Waals surface area contributed by atoms with E-state index in [-0.39, 0.29) is 17.6 Å². The second-order valence-electron chi connectivity index (χ2n) is 7.47. The Labute approximate surface area is 185 Å². The molecule has 7 nitrogen and oxygen atoms in total. The number of amides is 2. The van der Waals surface area contributed by atoms with Crippen LogP contribution in [0.1, 0.15) is 47.8 Å². The van der Waals surface area contributed by atoms with Gasteiger partial charge in [0, 0.05) is 23.2 Å². The normalized spacial score (nSPS) is 14.7. The Morgan fingerprint density at radius 2 is 1.90 bits per heavy atom. The molecule has 0 aliphatic heterocycles. The monoisotopic (exact) mass is 436 g/mol. The van der Waals surface area contributed by atoms with Crippen LogP contribution in [-0.2, 0) is 4.79 Å². The highest BCUT2D eigenvalue weighted by atomic mass is 32.1. The number of hydrogen-bond donors (Lipinski definition) is 1. The van der Waals surface area contributed by atoms with E-state index in [1.165, 1.54) is 4.90 Å². The molecule has 3 aromatic rings. The molecule has 0 unspecified atom stereocenters. The van der Waals surface area contributed by atoms with Crippen LogP contribution in [0, 0.1) is 0 Å². The molecule has 1 fully saturated rings. The summed E-state index contributed by atoms with van der Waals surface area (Å²) in [6.45, 7) is 0. The minimum atomic E-state index is -0.858. The molecule has 1 aliphatic carbocycles. The average molecular weight is 437 g/mol. The first kappa shape index (κ1) is 21.0. The van der Waals surface area contributed by atoms with Crippen molar-refractivity contribution in [3.63, 3.8) is 0 Å². The minimum Gasteiger partial charge on any atom is -0.497 e. The van der Waals surface area contributed by atoms with Crippen molar-refractivity contribution in [3.8, 4) is 5.75 Å². The van der Waals surface area contributed by atoms with Crippen LogP contribution < -0.4 is 15.0 Å². The molecule has 1 heterocycles. The lowest BCUT2D eigenvalue weighted by atomic mass is 10.0. The highest BCUT2D eigenvalue weighted by molar-refractivity contribution is 7.03. The smallest absolute Gasteiger partial charge is 0.280 e. The summed E-state index contributed by atoms with van der Waals surface area (Å²) in [6.07, 6.45) is 4.11. The molecule has 31 heavy (non-hydrogen) atoms. The van der Waals surface area contributed by atoms with E-state index in [4.69, 9.17) is 4.74 Å². The summed E-state index contributed by atoms with van der Waals surface area (Å²) >= 11 is 1.10. The van der Waals surface area contributed by atoms with Crippen molar-refractivity contribution in [2.45, 2.75) is 37.8 Å². The average Bonchev–Trinajstić information content (AvgIpc) is 3.52. The van der Waals surface area contributed by atoms with Gasteiger partial charge >= 0.3 is 0 Å². The molecule has 4 rings (SSSR count). The molecular formula is C23H24N4O3S. The van der Waals surface area contributed by atoms with E-state index in [1.54, 1.807) is 36.8 Å². The van der Waals surface area contributed by atoms with Gasteiger partial charge in [-0.2, -0.15) is 0 Å². The van der Waals surface area contributed by atoms with E-state index < -0.39 is 11.9 Å². The minimum absolute atomic E-state index is 0.127. The molecule has 2 amide bonds. The fraction of sp³-hybridized carbons (Fsp3) is 0.304. The summed E-state index contributed by atoms with van der Waals surface area (Å²) in [4.78, 5) is 28.6. The first-order valence-corrected chi connectivity index (χ1v) is 11.1. The van der Waals surface area contributed by atoms with E-state index in [9.17, 15) is 9.59 Å². The number of rotatable bonds is 7. The maximum atomic E-state index is 13.6. The van der Waals surface area contributed by atoms with Crippen molar-refractivity contribution in [2.24, 2.45) is 0 Å². The summed E-state index contributed by atoms with van der Waals surface area (Å²) in [7, 11) is 1.57. The Kier molecular flexibility index (Phi) is 6.57. The van der Waals surface area contributed by atoms with E-state index in [0.29, 0.717) is 11.4 Å². The van der Waals surface area contributed by atoms with Crippen LogP contribution in [0.15, 0.2) is 60.0 Å². The highest BCUT2D eigenvalue weighted by Crippen LogP contribution is 2.32. The molecule has 2 aromatic carbocycles. The molecule has 0 saturated heterocycles. The maximum absolute atomic E-state index is 13.6. The zero-order valence-electron chi connectivity index (χ0n) is 17.2. The lowest BCUT2D eigenvalue weighted by Gasteiger charge is -2.32. The van der Waals surface area contributed by atoms with Crippen LogP contribution in [0.2, 0.25) is 0 Å². The predicted molar refractivity (Wildman–Crippen MR) is 119 cm³/mol. The Balaban J connectivity index is 1.80. The fourth-order valence-electron chi connectivity index (χ4n) is 3.93. The number of anilines is 1. The number of carbonyl (C=O) groups excluding carboxylic acids is 2. The van der Waals surface area contributed by atoms with Crippen LogP contribution in [0.4, 0.5) is 5.69 Å². The lowest BCUT2D eigenvalue weighted by Crippen LogP contribution is -2.46. The first-order chi connectivity index (χ1) is 15.2. The van der Waals surface area contributed by atoms with Crippen LogP contribution in [0.5, 0.6) is 5.75 Å². The Bertz CT molecular complexity index is 1020. The molecule has 8 heteroatoms. The summed E-state index contributed by atoms with van der Waals surface area (Å²) < 4.78 is 9.20. The van der Waals surface area contributed by atoms with Gasteiger partial charge in [-0.25, -0.2) is 0 Å². The number of nitrogens with zero attached hydrogens (tertiary/aromatic N) is 3. The van der Waals surface area contributed by atoms with Gasteiger partial charge in [0.25, 0.3) is 5.91 Å². The van der Waals surface area contributed by atoms with Gasteiger partial charge in [-0.05, 0) is 42.1 Å². The third-order valence-corrected chi connectivity index (χ3v) is 5.96. The van der Waals surface area contributed by atoms with Crippen molar-refractivity contribution >= 4 is 29.0 Å². The lowest BCUT2D eigenvalue weighted by molar-refractivity contribution is -0.123. The molecule has 160 valence electrons. The van der Waals surface area contributed by atoms with Gasteiger partial charge in [-0.1, -0.05) is 53.7 Å². The number of nitrogens with one attached hydrogen (secondary N) is 1. The third kappa shape index (κ3) is 4.74. The van der Waals surface area contributed by atoms with Crippen molar-refractivity contribution in [1.82, 2.24) is 14.9 Å². The van der Waals surface area contributed by atoms with Crippen LogP contribution in [0.3, 0.4) is 0 Å². The zero-order valence-corrected chi connectivity index (χ0v) is 18.0. The van der Waals surface area contributed by atoms with Gasteiger partial charge in [0.05, 0.1) is 7.11 Å². The fourth-order valence-corrected chi connectivity index (χ4v) is 4.36. The van der Waals surface area contributed by atoms with E-state index >= 15 is 0 Å². The van der Waals surface area contributed by atoms with Gasteiger partial charge in [-0.3, -0.25) is 14.5 Å². The standard InChI is InChI=1S/C23H24N4O3S/c1-30-19-13-7-12-18(14-19)27(23(29)20-15-31-26-25-20)21(16-8-3-2-4-9-16)22(28)24-17-10-5-6-11-17/h2-4,7-9,12-15,17,21H,5-6,10-11H2,1H3,(H,24,28)/t21-/m1/s1. The number of carbonyl (C=O) groups is 2. The number of hydrogen-bond acceptors (Lipinski definition) is 6. The quantitative estimate of drug-likeness (QED) is 0.605. The predicted octanol–water partition coefficient (Wildman–Crippen LogP) is 3.99. The summed E-state index contributed by atoms with van der Waals surface area (Å²) in [6, 6.07) is 15.7. The van der Waals surface area contributed by atoms with Crippen molar-refractivity contribution in [3.05, 3.63) is 71.2 Å². The van der Waals surface area contributed by atoms with Crippen molar-refractivity contribution < 1.29 is 14.3 Å². The van der Waals surface area contributed by atoms with Gasteiger partial charge in [0.1, 0.15) is 11.8 Å². The van der Waals surface area contributed by atoms with E-state index in [0.717, 1.165) is 42.8 Å². The largest absolute Gasteiger partial charge is 0.497 e. The number of aromatic nitrogens is 2. The first-order valence-electron chi connectivity index (χ1n) is 10.3. The molecule has 1 saturated carbocycles. The third-order valence-electron chi connectivity index (χ3n) is 5.45. The summed E-state index contributed by atoms with van der Waals surface area (Å²) in [5.41, 5.74) is 1.47. The molecule has 1 N–H and O–H groups in total. The molecule has 0 spiro atoms. The van der Waals surface area contributed by atoms with Crippen molar-refractivity contribution in [1.29, 1.82) is 0 Å². The second-order valence-corrected chi connectivity index (χ2v) is 8.08. The van der Waals surface area contributed by atoms with Crippen LogP contribution >= 0.6 is 11.5 Å². The van der Waals surface area contributed by atoms with Gasteiger partial charge in [-0.15, -0.1) is 5.10 Å². The Morgan fingerprint density at radius 1 is 1.13 bits per heavy atom. The molecule has 1 atom stereocenters. The molecule has 0 bridgehead atoms. The highest BCUT2D eigenvalue weighted by Gasteiger charge is 2.35. The number of ether oxygens (including phenoxy) is 1. The zero-order chi connectivity index (χ0) is 21.6. The summed E-state index contributed by atoms with van der Waals surface area (Å²) in [5.74, 6) is -0.00963. The number of methoxy groups -OCH3 is 1. The number of benzene rings is 2. The Morgan fingerprint density at radius 3 is 2.58 bits per heavy atom. The molecule has 0 radical (unpaired) electrons. The maximum Gasteiger partial charge on any atom is 0.280 e. The Hall–Kier alpha value is -3.26. The topological polar surface area (TPSA) is 84.4 Å². The van der Waals surface area contributed by atoms with Crippen molar-refractivity contribution in [2.75, 3.05) is 12.0 Å². The van der Waals surface area contributed by atoms with Crippen LogP contribution in [0.25, 0.3) is 0 Å². The molecular weight excluding hydrogens is 412 g/mol. The van der Waals surface area contributed by atoms with Gasteiger partial charge in [0.15, 0.2) is 5.69 Å². The second kappa shape index (κ2) is 9.70. The summed E-state index contributed by atoms with van der Waals surface area (Å²) in [5, 5.41) is 8.71. The SMILES string of the molecule is COc1cccc(N(C(=O)c2csnn2)[C@@H](C(=O)NC2CCCC2)c2ccccc2)c1. The van der Waals surface area contributed by atoms with E-state index in [2.05, 4.69) is 14.9 Å². The van der Waals surface area contributed by atoms with Gasteiger partial charge in [0.2, 0.25) is 5.91 Å². The van der Waals surface area contributed by atoms with Gasteiger partial charge < -0.3 is 10.1 Å². The molecule has 1 aliphatic rings. The molecule has 1 aromatic heterocycles. The van der Waals surface area contributed by atoms with Crippen LogP contribution in [-0.4, -0.2) is 34.6 Å². The van der Waals surface area contributed by atoms with E-state index in [1.807, 2.05) is 30.3 Å².